The van der Waals surface area contributed by atoms with Gasteiger partial charge in [-0.05, 0) is 18.2 Å². The van der Waals surface area contributed by atoms with Crippen molar-refractivity contribution in [1.82, 2.24) is 0 Å². The third-order valence-corrected chi connectivity index (χ3v) is 2.70. The minimum atomic E-state index is -0.296. The monoisotopic (exact) mass is 222 g/mol. The highest BCUT2D eigenvalue weighted by Crippen LogP contribution is 2.22. The maximum Gasteiger partial charge on any atom is 0.315 e. The van der Waals surface area contributed by atoms with Gasteiger partial charge in [0.15, 0.2) is 0 Å². The van der Waals surface area contributed by atoms with Crippen molar-refractivity contribution in [3.63, 3.8) is 0 Å². The van der Waals surface area contributed by atoms with Crippen LogP contribution in [0.5, 0.6) is 0 Å². The number of benzene rings is 1. The molecule has 0 fully saturated rings. The van der Waals surface area contributed by atoms with Gasteiger partial charge < -0.3 is 10.5 Å². The first-order valence-corrected chi connectivity index (χ1v) is 5.15. The summed E-state index contributed by atoms with van der Waals surface area (Å²) in [5, 5.41) is 8.74. The van der Waals surface area contributed by atoms with Crippen LogP contribution in [0.25, 0.3) is 0 Å². The van der Waals surface area contributed by atoms with Crippen molar-refractivity contribution >= 4 is 23.4 Å². The lowest BCUT2D eigenvalue weighted by Gasteiger charge is -2.02. The third-order valence-electron chi connectivity index (χ3n) is 1.73. The highest BCUT2D eigenvalue weighted by molar-refractivity contribution is 8.00. The molecule has 0 atom stereocenters. The molecule has 78 valence electrons. The zero-order valence-electron chi connectivity index (χ0n) is 8.19. The predicted octanol–water partition coefficient (Wildman–Crippen LogP) is 1.41. The highest BCUT2D eigenvalue weighted by Gasteiger charge is 2.04. The van der Waals surface area contributed by atoms with E-state index in [1.54, 1.807) is 18.2 Å². The predicted molar refractivity (Wildman–Crippen MR) is 58.3 cm³/mol. The van der Waals surface area contributed by atoms with Gasteiger partial charge in [0.05, 0.1) is 18.4 Å². The largest absolute Gasteiger partial charge is 0.468 e. The maximum atomic E-state index is 10.9. The number of nitrogen functional groups attached to an aromatic ring is 1. The number of hydrogen-bond acceptors (Lipinski definition) is 5. The lowest BCUT2D eigenvalue weighted by atomic mass is 10.2. The number of nitrogens with two attached hydrogens (primary N) is 1. The van der Waals surface area contributed by atoms with Crippen molar-refractivity contribution in [1.29, 1.82) is 5.26 Å². The number of nitrogens with zero attached hydrogens (tertiary/aromatic N) is 1. The molecule has 0 spiro atoms. The quantitative estimate of drug-likeness (QED) is 0.475. The van der Waals surface area contributed by atoms with Crippen molar-refractivity contribution in [3.8, 4) is 6.07 Å². The minimum Gasteiger partial charge on any atom is -0.468 e. The zero-order valence-corrected chi connectivity index (χ0v) is 9.00. The van der Waals surface area contributed by atoms with Crippen molar-refractivity contribution in [2.45, 2.75) is 4.90 Å². The molecule has 15 heavy (non-hydrogen) atoms. The van der Waals surface area contributed by atoms with Crippen molar-refractivity contribution in [2.75, 3.05) is 18.6 Å². The van der Waals surface area contributed by atoms with Gasteiger partial charge in [-0.3, -0.25) is 4.79 Å². The summed E-state index contributed by atoms with van der Waals surface area (Å²) < 4.78 is 4.50. The van der Waals surface area contributed by atoms with Gasteiger partial charge >= 0.3 is 5.97 Å². The van der Waals surface area contributed by atoms with Crippen LogP contribution in [0.1, 0.15) is 5.56 Å². The zero-order chi connectivity index (χ0) is 11.3. The van der Waals surface area contributed by atoms with E-state index in [1.807, 2.05) is 6.07 Å². The molecule has 1 aromatic carbocycles. The molecule has 2 N–H and O–H groups in total. The second-order valence-electron chi connectivity index (χ2n) is 2.73. The minimum absolute atomic E-state index is 0.227. The Hall–Kier alpha value is -1.67. The van der Waals surface area contributed by atoms with Gasteiger partial charge in [-0.2, -0.15) is 5.26 Å². The Morgan fingerprint density at radius 2 is 2.40 bits per heavy atom. The van der Waals surface area contributed by atoms with Crippen LogP contribution in [0.3, 0.4) is 0 Å². The molecule has 0 radical (unpaired) electrons. The number of esters is 1. The summed E-state index contributed by atoms with van der Waals surface area (Å²) in [6.45, 7) is 0. The van der Waals surface area contributed by atoms with Crippen LogP contribution in [-0.2, 0) is 9.53 Å². The van der Waals surface area contributed by atoms with Crippen LogP contribution in [-0.4, -0.2) is 18.8 Å². The molecular formula is C10H10N2O2S. The fourth-order valence-electron chi connectivity index (χ4n) is 0.923. The van der Waals surface area contributed by atoms with Crippen LogP contribution in [0.4, 0.5) is 5.69 Å². The summed E-state index contributed by atoms with van der Waals surface area (Å²) in [5.41, 5.74) is 6.42. The summed E-state index contributed by atoms with van der Waals surface area (Å²) in [5.74, 6) is -0.0685. The molecule has 0 saturated heterocycles. The number of rotatable bonds is 3. The molecule has 0 heterocycles. The molecule has 1 aromatic rings. The number of nitriles is 1. The Morgan fingerprint density at radius 1 is 1.67 bits per heavy atom. The molecule has 0 aliphatic carbocycles. The Bertz CT molecular complexity index is 412. The standard InChI is InChI=1S/C10H10N2O2S/c1-14-10(13)6-15-8-2-3-9(12)7(4-8)5-11/h2-4H,6,12H2,1H3. The van der Waals surface area contributed by atoms with Gasteiger partial charge in [0, 0.05) is 10.6 Å². The summed E-state index contributed by atoms with van der Waals surface area (Å²) in [6.07, 6.45) is 0. The molecule has 0 unspecified atom stereocenters. The third kappa shape index (κ3) is 3.18. The van der Waals surface area contributed by atoms with Crippen molar-refractivity contribution in [2.24, 2.45) is 0 Å². The number of hydrogen-bond donors (Lipinski definition) is 1. The van der Waals surface area contributed by atoms with Crippen molar-refractivity contribution in [3.05, 3.63) is 23.8 Å². The van der Waals surface area contributed by atoms with Crippen LogP contribution in [0, 0.1) is 11.3 Å². The molecule has 0 bridgehead atoms. The molecule has 0 amide bonds. The first-order valence-electron chi connectivity index (χ1n) is 4.16. The number of carbonyl (C=O) groups excluding carboxylic acids is 1. The normalized spacial score (nSPS) is 9.33. The first-order chi connectivity index (χ1) is 7.17. The smallest absolute Gasteiger partial charge is 0.315 e. The van der Waals surface area contributed by atoms with Gasteiger partial charge in [-0.25, -0.2) is 0 Å². The van der Waals surface area contributed by atoms with Gasteiger partial charge in [0.25, 0.3) is 0 Å². The van der Waals surface area contributed by atoms with E-state index in [1.165, 1.54) is 18.9 Å². The van der Waals surface area contributed by atoms with E-state index in [9.17, 15) is 4.79 Å². The molecule has 1 rings (SSSR count). The van der Waals surface area contributed by atoms with Gasteiger partial charge in [-0.15, -0.1) is 11.8 Å². The van der Waals surface area contributed by atoms with Gasteiger partial charge in [0.2, 0.25) is 0 Å². The molecule has 0 aliphatic rings. The SMILES string of the molecule is COC(=O)CSc1ccc(N)c(C#N)c1. The van der Waals surface area contributed by atoms with Crippen LogP contribution in [0.15, 0.2) is 23.1 Å². The number of methoxy groups -OCH3 is 1. The van der Waals surface area contributed by atoms with Crippen LogP contribution >= 0.6 is 11.8 Å². The van der Waals surface area contributed by atoms with Crippen LogP contribution in [0.2, 0.25) is 0 Å². The molecular weight excluding hydrogens is 212 g/mol. The topological polar surface area (TPSA) is 76.1 Å². The summed E-state index contributed by atoms with van der Waals surface area (Å²) in [4.78, 5) is 11.7. The average Bonchev–Trinajstić information content (AvgIpc) is 2.27. The van der Waals surface area contributed by atoms with Gasteiger partial charge in [-0.1, -0.05) is 0 Å². The average molecular weight is 222 g/mol. The van der Waals surface area contributed by atoms with E-state index < -0.39 is 0 Å². The van der Waals surface area contributed by atoms with E-state index in [4.69, 9.17) is 11.0 Å². The second kappa shape index (κ2) is 5.27. The van der Waals surface area contributed by atoms with Crippen LogP contribution < -0.4 is 5.73 Å². The number of ether oxygens (including phenoxy) is 1. The maximum absolute atomic E-state index is 10.9. The van der Waals surface area contributed by atoms with E-state index in [0.29, 0.717) is 11.3 Å². The summed E-state index contributed by atoms with van der Waals surface area (Å²) >= 11 is 1.31. The lowest BCUT2D eigenvalue weighted by Crippen LogP contribution is -2.02. The van der Waals surface area contributed by atoms with E-state index in [0.717, 1.165) is 4.90 Å². The lowest BCUT2D eigenvalue weighted by molar-refractivity contribution is -0.137. The van der Waals surface area contributed by atoms with Gasteiger partial charge in [0.1, 0.15) is 6.07 Å². The Labute approximate surface area is 92.0 Å². The highest BCUT2D eigenvalue weighted by atomic mass is 32.2. The number of anilines is 1. The number of carbonyl (C=O) groups is 1. The molecule has 0 aromatic heterocycles. The second-order valence-corrected chi connectivity index (χ2v) is 3.77. The first kappa shape index (κ1) is 11.4. The Morgan fingerprint density at radius 3 is 3.00 bits per heavy atom. The number of thioether (sulfide) groups is 1. The Kier molecular flexibility index (Phi) is 4.01. The fraction of sp³-hybridized carbons (Fsp3) is 0.200. The van der Waals surface area contributed by atoms with E-state index in [2.05, 4.69) is 4.74 Å². The van der Waals surface area contributed by atoms with Crippen molar-refractivity contribution < 1.29 is 9.53 Å². The summed E-state index contributed by atoms with van der Waals surface area (Å²) in [7, 11) is 1.34. The Balaban J connectivity index is 2.71. The summed E-state index contributed by atoms with van der Waals surface area (Å²) in [6, 6.07) is 7.06. The van der Waals surface area contributed by atoms with E-state index in [-0.39, 0.29) is 11.7 Å². The molecule has 5 heteroatoms. The fourth-order valence-corrected chi connectivity index (χ4v) is 1.69. The molecule has 0 saturated carbocycles. The van der Waals surface area contributed by atoms with E-state index >= 15 is 0 Å². The molecule has 4 nitrogen and oxygen atoms in total. The molecule has 0 aliphatic heterocycles.